The minimum Gasteiger partial charge on any atom is -0.396 e. The van der Waals surface area contributed by atoms with Crippen molar-refractivity contribution in [3.05, 3.63) is 0 Å². The van der Waals surface area contributed by atoms with E-state index in [1.54, 1.807) is 0 Å². The number of hydrogen-bond donors (Lipinski definition) is 2. The van der Waals surface area contributed by atoms with Crippen LogP contribution in [0.5, 0.6) is 0 Å². The lowest BCUT2D eigenvalue weighted by atomic mass is 10.2. The summed E-state index contributed by atoms with van der Waals surface area (Å²) in [7, 11) is 4.03. The Morgan fingerprint density at radius 1 is 1.29 bits per heavy atom. The van der Waals surface area contributed by atoms with Crippen molar-refractivity contribution in [3.8, 4) is 0 Å². The summed E-state index contributed by atoms with van der Waals surface area (Å²) >= 11 is 0. The maximum Gasteiger partial charge on any atom is 0.219 e. The van der Waals surface area contributed by atoms with Gasteiger partial charge < -0.3 is 15.3 Å². The summed E-state index contributed by atoms with van der Waals surface area (Å²) in [6, 6.07) is 0. The monoisotopic (exact) mass is 202 g/mol. The van der Waals surface area contributed by atoms with E-state index >= 15 is 0 Å². The molecule has 0 fully saturated rings. The third-order valence-electron chi connectivity index (χ3n) is 1.92. The minimum absolute atomic E-state index is 0.0946. The van der Waals surface area contributed by atoms with Gasteiger partial charge in [0, 0.05) is 19.6 Å². The Bertz CT molecular complexity index is 149. The van der Waals surface area contributed by atoms with Crippen molar-refractivity contribution in [3.63, 3.8) is 0 Å². The second kappa shape index (κ2) is 8.97. The van der Waals surface area contributed by atoms with E-state index in [-0.39, 0.29) is 12.5 Å². The predicted octanol–water partition coefficient (Wildman–Crippen LogP) is 0.217. The lowest BCUT2D eigenvalue weighted by molar-refractivity contribution is -0.121. The molecule has 0 saturated heterocycles. The van der Waals surface area contributed by atoms with E-state index in [1.807, 2.05) is 14.1 Å². The molecule has 0 aliphatic carbocycles. The van der Waals surface area contributed by atoms with E-state index in [2.05, 4.69) is 10.2 Å². The van der Waals surface area contributed by atoms with E-state index < -0.39 is 0 Å². The van der Waals surface area contributed by atoms with Gasteiger partial charge in [-0.25, -0.2) is 0 Å². The molecular formula is C10H22N2O2. The van der Waals surface area contributed by atoms with Crippen molar-refractivity contribution >= 4 is 5.91 Å². The number of aliphatic hydroxyl groups excluding tert-OH is 1. The number of rotatable bonds is 8. The largest absolute Gasteiger partial charge is 0.396 e. The van der Waals surface area contributed by atoms with Gasteiger partial charge in [-0.05, 0) is 39.9 Å². The molecular weight excluding hydrogens is 180 g/mol. The zero-order valence-corrected chi connectivity index (χ0v) is 9.25. The van der Waals surface area contributed by atoms with Crippen LogP contribution in [0, 0.1) is 0 Å². The molecule has 0 aromatic rings. The maximum atomic E-state index is 11.2. The van der Waals surface area contributed by atoms with Gasteiger partial charge in [0.25, 0.3) is 0 Å². The molecule has 0 aromatic heterocycles. The highest BCUT2D eigenvalue weighted by Gasteiger charge is 1.99. The van der Waals surface area contributed by atoms with Crippen molar-refractivity contribution in [1.82, 2.24) is 10.2 Å². The number of nitrogens with one attached hydrogen (secondary N) is 1. The van der Waals surface area contributed by atoms with Crippen molar-refractivity contribution in [1.29, 1.82) is 0 Å². The van der Waals surface area contributed by atoms with Gasteiger partial charge in [0.05, 0.1) is 0 Å². The Balaban J connectivity index is 3.18. The molecule has 0 spiro atoms. The van der Waals surface area contributed by atoms with E-state index in [1.165, 1.54) is 0 Å². The number of unbranched alkanes of at least 4 members (excludes halogenated alkanes) is 1. The SMILES string of the molecule is CN(C)CCCNC(=O)CCCCO. The van der Waals surface area contributed by atoms with Crippen LogP contribution in [-0.4, -0.2) is 49.7 Å². The second-order valence-corrected chi connectivity index (χ2v) is 3.69. The normalized spacial score (nSPS) is 10.6. The molecule has 2 N–H and O–H groups in total. The number of nitrogens with zero attached hydrogens (tertiary/aromatic N) is 1. The second-order valence-electron chi connectivity index (χ2n) is 3.69. The van der Waals surface area contributed by atoms with Crippen LogP contribution in [-0.2, 0) is 4.79 Å². The van der Waals surface area contributed by atoms with E-state index in [9.17, 15) is 4.79 Å². The molecule has 1 amide bonds. The highest BCUT2D eigenvalue weighted by molar-refractivity contribution is 5.75. The van der Waals surface area contributed by atoms with Crippen LogP contribution < -0.4 is 5.32 Å². The minimum atomic E-state index is 0.0946. The summed E-state index contributed by atoms with van der Waals surface area (Å²) in [5.74, 6) is 0.0946. The van der Waals surface area contributed by atoms with Gasteiger partial charge in [0.1, 0.15) is 0 Å². The van der Waals surface area contributed by atoms with Crippen molar-refractivity contribution in [2.45, 2.75) is 25.7 Å². The third kappa shape index (κ3) is 9.48. The number of hydrogen-bond acceptors (Lipinski definition) is 3. The van der Waals surface area contributed by atoms with Gasteiger partial charge >= 0.3 is 0 Å². The zero-order chi connectivity index (χ0) is 10.8. The van der Waals surface area contributed by atoms with E-state index in [0.717, 1.165) is 25.9 Å². The fourth-order valence-electron chi connectivity index (χ4n) is 1.11. The van der Waals surface area contributed by atoms with Crippen molar-refractivity contribution in [2.75, 3.05) is 33.8 Å². The topological polar surface area (TPSA) is 52.6 Å². The lowest BCUT2D eigenvalue weighted by Gasteiger charge is -2.09. The molecule has 0 radical (unpaired) electrons. The molecule has 4 heteroatoms. The van der Waals surface area contributed by atoms with E-state index in [4.69, 9.17) is 5.11 Å². The van der Waals surface area contributed by atoms with Crippen LogP contribution in [0.4, 0.5) is 0 Å². The summed E-state index contributed by atoms with van der Waals surface area (Å²) in [6.45, 7) is 1.92. The molecule has 0 aliphatic rings. The fraction of sp³-hybridized carbons (Fsp3) is 0.900. The molecule has 84 valence electrons. The Hall–Kier alpha value is -0.610. The van der Waals surface area contributed by atoms with Crippen LogP contribution >= 0.6 is 0 Å². The summed E-state index contributed by atoms with van der Waals surface area (Å²) in [5.41, 5.74) is 0. The Labute approximate surface area is 86.3 Å². The Morgan fingerprint density at radius 3 is 2.57 bits per heavy atom. The molecule has 0 saturated carbocycles. The van der Waals surface area contributed by atoms with Gasteiger partial charge in [-0.15, -0.1) is 0 Å². The Kier molecular flexibility index (Phi) is 8.57. The van der Waals surface area contributed by atoms with Gasteiger partial charge in [-0.1, -0.05) is 0 Å². The predicted molar refractivity (Wildman–Crippen MR) is 57.1 cm³/mol. The van der Waals surface area contributed by atoms with Crippen LogP contribution in [0.3, 0.4) is 0 Å². The number of amides is 1. The molecule has 0 unspecified atom stereocenters. The van der Waals surface area contributed by atoms with Gasteiger partial charge in [0.15, 0.2) is 0 Å². The zero-order valence-electron chi connectivity index (χ0n) is 9.25. The first-order chi connectivity index (χ1) is 6.66. The molecule has 14 heavy (non-hydrogen) atoms. The maximum absolute atomic E-state index is 11.2. The Morgan fingerprint density at radius 2 is 2.00 bits per heavy atom. The number of aliphatic hydroxyl groups is 1. The quantitative estimate of drug-likeness (QED) is 0.553. The lowest BCUT2D eigenvalue weighted by Crippen LogP contribution is -2.26. The molecule has 0 atom stereocenters. The molecule has 4 nitrogen and oxygen atoms in total. The van der Waals surface area contributed by atoms with Crippen LogP contribution in [0.15, 0.2) is 0 Å². The summed E-state index contributed by atoms with van der Waals surface area (Å²) < 4.78 is 0. The summed E-state index contributed by atoms with van der Waals surface area (Å²) in [5, 5.41) is 11.4. The highest BCUT2D eigenvalue weighted by Crippen LogP contribution is 1.93. The van der Waals surface area contributed by atoms with E-state index in [0.29, 0.717) is 12.8 Å². The molecule has 0 aliphatic heterocycles. The first kappa shape index (κ1) is 13.4. The van der Waals surface area contributed by atoms with Crippen molar-refractivity contribution in [2.24, 2.45) is 0 Å². The fourth-order valence-corrected chi connectivity index (χ4v) is 1.11. The number of carbonyl (C=O) groups is 1. The average molecular weight is 202 g/mol. The number of carbonyl (C=O) groups excluding carboxylic acids is 1. The average Bonchev–Trinajstić information content (AvgIpc) is 2.13. The highest BCUT2D eigenvalue weighted by atomic mass is 16.2. The molecule has 0 rings (SSSR count). The summed E-state index contributed by atoms with van der Waals surface area (Å²) in [6.07, 6.45) is 3.00. The first-order valence-corrected chi connectivity index (χ1v) is 5.19. The molecule has 0 heterocycles. The first-order valence-electron chi connectivity index (χ1n) is 5.19. The van der Waals surface area contributed by atoms with Gasteiger partial charge in [0.2, 0.25) is 5.91 Å². The third-order valence-corrected chi connectivity index (χ3v) is 1.92. The van der Waals surface area contributed by atoms with Crippen molar-refractivity contribution < 1.29 is 9.90 Å². The van der Waals surface area contributed by atoms with Crippen LogP contribution in [0.25, 0.3) is 0 Å². The van der Waals surface area contributed by atoms with Gasteiger partial charge in [-0.2, -0.15) is 0 Å². The molecule has 0 bridgehead atoms. The van der Waals surface area contributed by atoms with Crippen LogP contribution in [0.1, 0.15) is 25.7 Å². The summed E-state index contributed by atoms with van der Waals surface area (Å²) in [4.78, 5) is 13.3. The van der Waals surface area contributed by atoms with Crippen LogP contribution in [0.2, 0.25) is 0 Å². The molecule has 0 aromatic carbocycles. The standard InChI is InChI=1S/C10H22N2O2/c1-12(2)8-5-7-11-10(14)6-3-4-9-13/h13H,3-9H2,1-2H3,(H,11,14). The van der Waals surface area contributed by atoms with Gasteiger partial charge in [-0.3, -0.25) is 4.79 Å². The smallest absolute Gasteiger partial charge is 0.219 e.